The zero-order valence-corrected chi connectivity index (χ0v) is 11.8. The predicted octanol–water partition coefficient (Wildman–Crippen LogP) is 2.40. The molecule has 2 rings (SSSR count). The summed E-state index contributed by atoms with van der Waals surface area (Å²) in [7, 11) is 2.99. The summed E-state index contributed by atoms with van der Waals surface area (Å²) in [5, 5.41) is 0.528. The van der Waals surface area contributed by atoms with Crippen molar-refractivity contribution in [2.45, 2.75) is 6.54 Å². The molecule has 0 amide bonds. The standard InChI is InChI=1S/C13H14ClN3O3/c1-18-11-6-12(19-2)17-13(16-11)20-10-5-3-4-9(14)8(10)7-15/h3-6H,7,15H2,1-2H3. The van der Waals surface area contributed by atoms with Crippen LogP contribution in [0.5, 0.6) is 23.5 Å². The number of halogens is 1. The van der Waals surface area contributed by atoms with Gasteiger partial charge in [-0.05, 0) is 12.1 Å². The average Bonchev–Trinajstić information content (AvgIpc) is 2.47. The Morgan fingerprint density at radius 3 is 2.35 bits per heavy atom. The van der Waals surface area contributed by atoms with Crippen molar-refractivity contribution in [2.24, 2.45) is 5.73 Å². The molecule has 0 spiro atoms. The molecule has 0 fully saturated rings. The molecule has 1 aromatic heterocycles. The first-order valence-electron chi connectivity index (χ1n) is 5.80. The van der Waals surface area contributed by atoms with Gasteiger partial charge in [-0.1, -0.05) is 17.7 Å². The molecular formula is C13H14ClN3O3. The van der Waals surface area contributed by atoms with Crippen LogP contribution in [0.2, 0.25) is 5.02 Å². The minimum absolute atomic E-state index is 0.0955. The van der Waals surface area contributed by atoms with Crippen molar-refractivity contribution in [3.63, 3.8) is 0 Å². The molecule has 0 aliphatic carbocycles. The van der Waals surface area contributed by atoms with Crippen molar-refractivity contribution in [2.75, 3.05) is 14.2 Å². The number of benzene rings is 1. The fourth-order valence-corrected chi connectivity index (χ4v) is 1.81. The lowest BCUT2D eigenvalue weighted by atomic mass is 10.2. The molecule has 7 heteroatoms. The first-order chi connectivity index (χ1) is 9.67. The molecule has 0 aliphatic rings. The fourth-order valence-electron chi connectivity index (χ4n) is 1.57. The number of aromatic nitrogens is 2. The molecule has 2 N–H and O–H groups in total. The first-order valence-corrected chi connectivity index (χ1v) is 6.18. The van der Waals surface area contributed by atoms with E-state index >= 15 is 0 Å². The lowest BCUT2D eigenvalue weighted by Gasteiger charge is -2.11. The number of rotatable bonds is 5. The zero-order chi connectivity index (χ0) is 14.5. The van der Waals surface area contributed by atoms with Gasteiger partial charge in [-0.2, -0.15) is 9.97 Å². The van der Waals surface area contributed by atoms with E-state index in [1.54, 1.807) is 24.3 Å². The Morgan fingerprint density at radius 1 is 1.15 bits per heavy atom. The predicted molar refractivity (Wildman–Crippen MR) is 74.6 cm³/mol. The minimum Gasteiger partial charge on any atom is -0.481 e. The van der Waals surface area contributed by atoms with Crippen LogP contribution in [0.25, 0.3) is 0 Å². The fraction of sp³-hybridized carbons (Fsp3) is 0.231. The summed E-state index contributed by atoms with van der Waals surface area (Å²) >= 11 is 6.06. The molecule has 0 bridgehead atoms. The van der Waals surface area contributed by atoms with Crippen molar-refractivity contribution < 1.29 is 14.2 Å². The largest absolute Gasteiger partial charge is 0.481 e. The lowest BCUT2D eigenvalue weighted by Crippen LogP contribution is -2.03. The summed E-state index contributed by atoms with van der Waals surface area (Å²) < 4.78 is 15.7. The lowest BCUT2D eigenvalue weighted by molar-refractivity contribution is 0.347. The summed E-state index contributed by atoms with van der Waals surface area (Å²) in [5.41, 5.74) is 6.34. The maximum atomic E-state index is 6.06. The van der Waals surface area contributed by atoms with Crippen molar-refractivity contribution in [3.05, 3.63) is 34.9 Å². The summed E-state index contributed by atoms with van der Waals surface area (Å²) in [6.45, 7) is 0.246. The molecule has 106 valence electrons. The van der Waals surface area contributed by atoms with Crippen LogP contribution in [-0.2, 0) is 6.54 Å². The number of nitrogens with two attached hydrogens (primary N) is 1. The number of hydrogen-bond donors (Lipinski definition) is 1. The monoisotopic (exact) mass is 295 g/mol. The van der Waals surface area contributed by atoms with E-state index in [0.29, 0.717) is 28.1 Å². The molecule has 6 nitrogen and oxygen atoms in total. The molecule has 0 saturated carbocycles. The van der Waals surface area contributed by atoms with Crippen molar-refractivity contribution in [1.29, 1.82) is 0 Å². The van der Waals surface area contributed by atoms with E-state index in [4.69, 9.17) is 31.5 Å². The van der Waals surface area contributed by atoms with Crippen LogP contribution in [0, 0.1) is 0 Å². The van der Waals surface area contributed by atoms with E-state index in [2.05, 4.69) is 9.97 Å². The van der Waals surface area contributed by atoms with Crippen LogP contribution in [-0.4, -0.2) is 24.2 Å². The van der Waals surface area contributed by atoms with E-state index < -0.39 is 0 Å². The summed E-state index contributed by atoms with van der Waals surface area (Å²) in [6.07, 6.45) is 0. The Bertz CT molecular complexity index is 585. The second kappa shape index (κ2) is 6.40. The van der Waals surface area contributed by atoms with E-state index in [-0.39, 0.29) is 12.6 Å². The SMILES string of the molecule is COc1cc(OC)nc(Oc2cccc(Cl)c2CN)n1. The average molecular weight is 296 g/mol. The normalized spacial score (nSPS) is 10.2. The van der Waals surface area contributed by atoms with Crippen LogP contribution in [0.1, 0.15) is 5.56 Å². The van der Waals surface area contributed by atoms with Gasteiger partial charge in [0, 0.05) is 17.1 Å². The van der Waals surface area contributed by atoms with Gasteiger partial charge >= 0.3 is 6.01 Å². The third-order valence-electron chi connectivity index (χ3n) is 2.56. The topological polar surface area (TPSA) is 79.5 Å². The Kier molecular flexibility index (Phi) is 4.60. The quantitative estimate of drug-likeness (QED) is 0.912. The van der Waals surface area contributed by atoms with Crippen LogP contribution >= 0.6 is 11.6 Å². The maximum Gasteiger partial charge on any atom is 0.328 e. The number of hydrogen-bond acceptors (Lipinski definition) is 6. The molecule has 0 unspecified atom stereocenters. The van der Waals surface area contributed by atoms with E-state index in [9.17, 15) is 0 Å². The third-order valence-corrected chi connectivity index (χ3v) is 2.91. The van der Waals surface area contributed by atoms with Gasteiger partial charge in [0.25, 0.3) is 0 Å². The van der Waals surface area contributed by atoms with Crippen molar-refractivity contribution >= 4 is 11.6 Å². The second-order valence-corrected chi connectivity index (χ2v) is 4.17. The second-order valence-electron chi connectivity index (χ2n) is 3.76. The highest BCUT2D eigenvalue weighted by atomic mass is 35.5. The smallest absolute Gasteiger partial charge is 0.328 e. The Morgan fingerprint density at radius 2 is 1.80 bits per heavy atom. The molecule has 1 aromatic carbocycles. The molecule has 1 heterocycles. The minimum atomic E-state index is 0.0955. The molecule has 0 aliphatic heterocycles. The molecule has 0 radical (unpaired) electrons. The van der Waals surface area contributed by atoms with Crippen LogP contribution < -0.4 is 19.9 Å². The highest BCUT2D eigenvalue weighted by Gasteiger charge is 2.11. The van der Waals surface area contributed by atoms with E-state index in [1.165, 1.54) is 14.2 Å². The van der Waals surface area contributed by atoms with Gasteiger partial charge in [-0.3, -0.25) is 0 Å². The summed E-state index contributed by atoms with van der Waals surface area (Å²) in [6, 6.07) is 6.88. The molecular weight excluding hydrogens is 282 g/mol. The highest BCUT2D eigenvalue weighted by molar-refractivity contribution is 6.31. The molecule has 2 aromatic rings. The highest BCUT2D eigenvalue weighted by Crippen LogP contribution is 2.30. The zero-order valence-electron chi connectivity index (χ0n) is 11.1. The Labute approximate surface area is 121 Å². The maximum absolute atomic E-state index is 6.06. The van der Waals surface area contributed by atoms with Gasteiger partial charge in [-0.25, -0.2) is 0 Å². The van der Waals surface area contributed by atoms with Crippen molar-refractivity contribution in [3.8, 4) is 23.5 Å². The number of ether oxygens (including phenoxy) is 3. The van der Waals surface area contributed by atoms with Crippen LogP contribution in [0.4, 0.5) is 0 Å². The van der Waals surface area contributed by atoms with Crippen molar-refractivity contribution in [1.82, 2.24) is 9.97 Å². The summed E-state index contributed by atoms with van der Waals surface area (Å²) in [4.78, 5) is 8.16. The van der Waals surface area contributed by atoms with Crippen LogP contribution in [0.3, 0.4) is 0 Å². The molecule has 20 heavy (non-hydrogen) atoms. The summed E-state index contributed by atoms with van der Waals surface area (Å²) in [5.74, 6) is 1.17. The van der Waals surface area contributed by atoms with E-state index in [0.717, 1.165) is 0 Å². The Balaban J connectivity index is 2.37. The van der Waals surface area contributed by atoms with Gasteiger partial charge in [0.05, 0.1) is 20.3 Å². The van der Waals surface area contributed by atoms with E-state index in [1.807, 2.05) is 0 Å². The van der Waals surface area contributed by atoms with Gasteiger partial charge in [-0.15, -0.1) is 0 Å². The van der Waals surface area contributed by atoms with Gasteiger partial charge in [0.1, 0.15) is 5.75 Å². The molecule has 0 saturated heterocycles. The third kappa shape index (κ3) is 3.09. The first kappa shape index (κ1) is 14.4. The van der Waals surface area contributed by atoms with Gasteiger partial charge in [0.15, 0.2) is 0 Å². The molecule has 0 atom stereocenters. The number of methoxy groups -OCH3 is 2. The van der Waals surface area contributed by atoms with Crippen LogP contribution in [0.15, 0.2) is 24.3 Å². The van der Waals surface area contributed by atoms with Gasteiger partial charge in [0.2, 0.25) is 11.8 Å². The van der Waals surface area contributed by atoms with Gasteiger partial charge < -0.3 is 19.9 Å². The Hall–Kier alpha value is -2.05. The number of nitrogens with zero attached hydrogens (tertiary/aromatic N) is 2.